The molecular weight excluding hydrogens is 496 g/mol. The van der Waals surface area contributed by atoms with Gasteiger partial charge >= 0.3 is 0 Å². The van der Waals surface area contributed by atoms with Crippen LogP contribution in [0.2, 0.25) is 0 Å². The Labute approximate surface area is 222 Å². The average molecular weight is 541 g/mol. The Bertz CT molecular complexity index is 999. The third-order valence-electron chi connectivity index (χ3n) is 6.81. The van der Waals surface area contributed by atoms with Crippen LogP contribution in [0.25, 0.3) is 0 Å². The molecule has 1 fully saturated rings. The second-order valence-electron chi connectivity index (χ2n) is 10.1. The summed E-state index contributed by atoms with van der Waals surface area (Å²) < 4.78 is 38.2. The van der Waals surface area contributed by atoms with Gasteiger partial charge in [-0.15, -0.1) is 0 Å². The van der Waals surface area contributed by atoms with Gasteiger partial charge in [0.15, 0.2) is 0 Å². The van der Waals surface area contributed by atoms with E-state index in [1.54, 1.807) is 45.0 Å². The van der Waals surface area contributed by atoms with Crippen LogP contribution < -0.4 is 4.74 Å². The van der Waals surface area contributed by atoms with E-state index in [9.17, 15) is 18.0 Å². The molecule has 1 aromatic rings. The minimum absolute atomic E-state index is 0.104. The minimum atomic E-state index is -3.71. The number of carbonyl (C=O) groups is 2. The van der Waals surface area contributed by atoms with Crippen LogP contribution in [0.5, 0.6) is 5.75 Å². The van der Waals surface area contributed by atoms with Crippen molar-refractivity contribution in [3.63, 3.8) is 0 Å². The zero-order valence-corrected chi connectivity index (χ0v) is 24.3. The number of benzene rings is 1. The molecule has 0 spiro atoms. The monoisotopic (exact) mass is 540 g/mol. The summed E-state index contributed by atoms with van der Waals surface area (Å²) in [7, 11) is 5.02. The maximum atomic E-state index is 13.1. The van der Waals surface area contributed by atoms with Gasteiger partial charge in [-0.05, 0) is 70.0 Å². The van der Waals surface area contributed by atoms with E-state index in [4.69, 9.17) is 9.47 Å². The normalized spacial score (nSPS) is 14.9. The van der Waals surface area contributed by atoms with Crippen LogP contribution in [0.1, 0.15) is 30.4 Å². The highest BCUT2D eigenvalue weighted by atomic mass is 32.2. The van der Waals surface area contributed by atoms with Gasteiger partial charge in [0, 0.05) is 53.2 Å². The van der Waals surface area contributed by atoms with Crippen molar-refractivity contribution in [3.8, 4) is 5.75 Å². The Morgan fingerprint density at radius 2 is 1.62 bits per heavy atom. The van der Waals surface area contributed by atoms with Gasteiger partial charge in [-0.2, -0.15) is 4.31 Å². The quantitative estimate of drug-likeness (QED) is 0.351. The number of amides is 2. The predicted octanol–water partition coefficient (Wildman–Crippen LogP) is 1.60. The van der Waals surface area contributed by atoms with Gasteiger partial charge in [-0.1, -0.05) is 0 Å². The van der Waals surface area contributed by atoms with Gasteiger partial charge in [-0.3, -0.25) is 9.59 Å². The average Bonchev–Trinajstić information content (AvgIpc) is 2.84. The molecule has 0 aliphatic carbocycles. The van der Waals surface area contributed by atoms with E-state index >= 15 is 0 Å². The molecule has 0 radical (unpaired) electrons. The summed E-state index contributed by atoms with van der Waals surface area (Å²) in [6.45, 7) is 6.44. The lowest BCUT2D eigenvalue weighted by molar-refractivity contribution is -0.137. The number of ether oxygens (including phenoxy) is 2. The van der Waals surface area contributed by atoms with Crippen LogP contribution in [0.15, 0.2) is 17.0 Å². The van der Waals surface area contributed by atoms with Crippen LogP contribution in [-0.2, 0) is 24.3 Å². The first kappa shape index (κ1) is 31.0. The van der Waals surface area contributed by atoms with Crippen LogP contribution >= 0.6 is 0 Å². The molecule has 2 rings (SSSR count). The second kappa shape index (κ2) is 14.1. The second-order valence-corrected chi connectivity index (χ2v) is 12.1. The Balaban J connectivity index is 1.74. The third kappa shape index (κ3) is 8.94. The van der Waals surface area contributed by atoms with Crippen LogP contribution in [0, 0.1) is 19.8 Å². The number of sulfonamides is 1. The molecule has 0 N–H and O–H groups in total. The first-order valence-electron chi connectivity index (χ1n) is 12.7. The highest BCUT2D eigenvalue weighted by molar-refractivity contribution is 7.89. The molecule has 1 heterocycles. The smallest absolute Gasteiger partial charge is 0.248 e. The molecule has 0 saturated carbocycles. The number of likely N-dealkylation sites (N-methyl/N-ethyl adjacent to an activating group) is 2. The lowest BCUT2D eigenvalue weighted by Gasteiger charge is -2.34. The number of hydrogen-bond donors (Lipinski definition) is 0. The van der Waals surface area contributed by atoms with E-state index in [0.717, 1.165) is 32.5 Å². The van der Waals surface area contributed by atoms with Crippen molar-refractivity contribution < 1.29 is 27.5 Å². The molecule has 0 bridgehead atoms. The first-order chi connectivity index (χ1) is 17.4. The Morgan fingerprint density at radius 1 is 1.03 bits per heavy atom. The molecule has 0 unspecified atom stereocenters. The molecule has 1 aromatic carbocycles. The van der Waals surface area contributed by atoms with Gasteiger partial charge in [-0.25, -0.2) is 8.42 Å². The number of likely N-dealkylation sites (tertiary alicyclic amines) is 1. The number of piperidine rings is 1. The Kier molecular flexibility index (Phi) is 11.8. The van der Waals surface area contributed by atoms with Crippen molar-refractivity contribution in [2.24, 2.45) is 5.92 Å². The van der Waals surface area contributed by atoms with Crippen molar-refractivity contribution in [2.45, 2.75) is 38.0 Å². The lowest BCUT2D eigenvalue weighted by atomic mass is 9.96. The number of rotatable bonds is 13. The summed E-state index contributed by atoms with van der Waals surface area (Å²) >= 11 is 0. The predicted molar refractivity (Wildman–Crippen MR) is 143 cm³/mol. The molecule has 10 nitrogen and oxygen atoms in total. The van der Waals surface area contributed by atoms with Gasteiger partial charge in [0.2, 0.25) is 21.8 Å². The SMILES string of the molecule is COc1cc(C)c(S(=O)(=O)N(C)CCOCC(=O)N(C)CC2CCN(C(=O)CCN(C)C)CC2)c(C)c1. The molecule has 1 aliphatic heterocycles. The van der Waals surface area contributed by atoms with E-state index in [1.165, 1.54) is 11.4 Å². The van der Waals surface area contributed by atoms with Crippen molar-refractivity contribution in [3.05, 3.63) is 23.3 Å². The maximum Gasteiger partial charge on any atom is 0.248 e. The fraction of sp³-hybridized carbons (Fsp3) is 0.692. The van der Waals surface area contributed by atoms with Gasteiger partial charge in [0.1, 0.15) is 12.4 Å². The first-order valence-corrected chi connectivity index (χ1v) is 14.2. The Morgan fingerprint density at radius 3 is 2.16 bits per heavy atom. The molecule has 1 saturated heterocycles. The van der Waals surface area contributed by atoms with Crippen LogP contribution in [-0.4, -0.2) is 120 Å². The standard InChI is InChI=1S/C26H44N4O6S/c1-20-16-23(35-7)17-21(2)26(20)37(33,34)29(6)14-15-36-19-25(32)28(5)18-22-8-12-30(13-9-22)24(31)10-11-27(3)4/h16-17,22H,8-15,18-19H2,1-7H3. The molecule has 37 heavy (non-hydrogen) atoms. The van der Waals surface area contributed by atoms with E-state index in [1.807, 2.05) is 23.9 Å². The fourth-order valence-corrected chi connectivity index (χ4v) is 6.06. The van der Waals surface area contributed by atoms with E-state index in [2.05, 4.69) is 0 Å². The van der Waals surface area contributed by atoms with Gasteiger partial charge < -0.3 is 24.2 Å². The molecule has 1 aliphatic rings. The van der Waals surface area contributed by atoms with Crippen molar-refractivity contribution in [1.82, 2.24) is 19.0 Å². The summed E-state index contributed by atoms with van der Waals surface area (Å²) in [5, 5.41) is 0. The maximum absolute atomic E-state index is 13.1. The summed E-state index contributed by atoms with van der Waals surface area (Å²) in [4.78, 5) is 30.7. The summed E-state index contributed by atoms with van der Waals surface area (Å²) in [6.07, 6.45) is 2.28. The number of carbonyl (C=O) groups excluding carboxylic acids is 2. The number of methoxy groups -OCH3 is 1. The molecule has 210 valence electrons. The topological polar surface area (TPSA) is 99.7 Å². The molecule has 0 aromatic heterocycles. The van der Waals surface area contributed by atoms with E-state index < -0.39 is 10.0 Å². The van der Waals surface area contributed by atoms with Crippen LogP contribution in [0.4, 0.5) is 0 Å². The zero-order chi connectivity index (χ0) is 27.8. The largest absolute Gasteiger partial charge is 0.497 e. The minimum Gasteiger partial charge on any atom is -0.497 e. The number of nitrogens with zero attached hydrogens (tertiary/aromatic N) is 4. The van der Waals surface area contributed by atoms with Crippen molar-refractivity contribution in [1.29, 1.82) is 0 Å². The molecule has 11 heteroatoms. The lowest BCUT2D eigenvalue weighted by Crippen LogP contribution is -2.43. The number of aryl methyl sites for hydroxylation is 2. The summed E-state index contributed by atoms with van der Waals surface area (Å²) in [5.41, 5.74) is 1.23. The molecular formula is C26H44N4O6S. The third-order valence-corrected chi connectivity index (χ3v) is 8.97. The summed E-state index contributed by atoms with van der Waals surface area (Å²) in [5.74, 6) is 1.01. The Hall–Kier alpha value is -2.21. The van der Waals surface area contributed by atoms with Gasteiger partial charge in [0.05, 0.1) is 18.6 Å². The van der Waals surface area contributed by atoms with Crippen molar-refractivity contribution >= 4 is 21.8 Å². The highest BCUT2D eigenvalue weighted by Crippen LogP contribution is 2.27. The highest BCUT2D eigenvalue weighted by Gasteiger charge is 2.26. The zero-order valence-electron chi connectivity index (χ0n) is 23.4. The van der Waals surface area contributed by atoms with Crippen molar-refractivity contribution in [2.75, 3.05) is 81.2 Å². The van der Waals surface area contributed by atoms with Gasteiger partial charge in [0.25, 0.3) is 0 Å². The fourth-order valence-electron chi connectivity index (χ4n) is 4.51. The van der Waals surface area contributed by atoms with E-state index in [-0.39, 0.29) is 36.5 Å². The summed E-state index contributed by atoms with van der Waals surface area (Å²) in [6, 6.07) is 3.40. The number of hydrogen-bond acceptors (Lipinski definition) is 7. The molecule has 0 atom stereocenters. The van der Waals surface area contributed by atoms with Crippen LogP contribution in [0.3, 0.4) is 0 Å². The van der Waals surface area contributed by atoms with E-state index in [0.29, 0.717) is 35.8 Å². The molecule has 2 amide bonds.